The summed E-state index contributed by atoms with van der Waals surface area (Å²) in [5.74, 6) is 3.41. The number of carboxylic acid groups (broad SMARTS) is 1. The first kappa shape index (κ1) is 9.59. The van der Waals surface area contributed by atoms with E-state index in [4.69, 9.17) is 5.11 Å². The second-order valence-electron chi connectivity index (χ2n) is 2.93. The maximum atomic E-state index is 11.2. The van der Waals surface area contributed by atoms with Gasteiger partial charge in [-0.25, -0.2) is 0 Å². The van der Waals surface area contributed by atoms with Crippen LogP contribution < -0.4 is 5.32 Å². The Kier molecular flexibility index (Phi) is 2.91. The average molecular weight is 181 g/mol. The second-order valence-corrected chi connectivity index (χ2v) is 2.93. The average Bonchev–Trinajstić information content (AvgIpc) is 2.83. The van der Waals surface area contributed by atoms with E-state index >= 15 is 0 Å². The van der Waals surface area contributed by atoms with Crippen LogP contribution in [0, 0.1) is 23.7 Å². The molecule has 4 nitrogen and oxygen atoms in total. The highest BCUT2D eigenvalue weighted by Crippen LogP contribution is 2.38. The number of aliphatic carboxylic acids is 1. The van der Waals surface area contributed by atoms with E-state index in [1.807, 2.05) is 0 Å². The Labute approximate surface area is 76.3 Å². The molecule has 0 spiro atoms. The molecule has 70 valence electrons. The fourth-order valence-electron chi connectivity index (χ4n) is 1.11. The molecule has 1 aliphatic rings. The van der Waals surface area contributed by atoms with E-state index in [1.54, 1.807) is 6.92 Å². The fraction of sp³-hybridized carbons (Fsp3) is 0.556. The van der Waals surface area contributed by atoms with Crippen LogP contribution >= 0.6 is 0 Å². The van der Waals surface area contributed by atoms with Gasteiger partial charge >= 0.3 is 5.97 Å². The first-order valence-corrected chi connectivity index (χ1v) is 4.07. The highest BCUT2D eigenvalue weighted by atomic mass is 16.4. The van der Waals surface area contributed by atoms with E-state index in [9.17, 15) is 9.59 Å². The molecule has 2 unspecified atom stereocenters. The summed E-state index contributed by atoms with van der Waals surface area (Å²) in [6, 6.07) is 0. The molecule has 0 saturated heterocycles. The standard InChI is InChI=1S/C9H11NO3/c1-2-3-4-10-8(11)6-5-7(6)9(12)13/h6-7H,4-5H2,1H3,(H,10,11)(H,12,13). The summed E-state index contributed by atoms with van der Waals surface area (Å²) in [5, 5.41) is 11.1. The lowest BCUT2D eigenvalue weighted by atomic mass is 10.3. The smallest absolute Gasteiger partial charge is 0.307 e. The lowest BCUT2D eigenvalue weighted by Crippen LogP contribution is -2.26. The third-order valence-corrected chi connectivity index (χ3v) is 1.97. The molecule has 4 heteroatoms. The van der Waals surface area contributed by atoms with E-state index in [-0.39, 0.29) is 11.8 Å². The predicted molar refractivity (Wildman–Crippen MR) is 45.7 cm³/mol. The van der Waals surface area contributed by atoms with E-state index in [0.29, 0.717) is 13.0 Å². The van der Waals surface area contributed by atoms with Gasteiger partial charge < -0.3 is 10.4 Å². The van der Waals surface area contributed by atoms with Crippen LogP contribution in [0.5, 0.6) is 0 Å². The Hall–Kier alpha value is -1.50. The minimum atomic E-state index is -0.887. The molecule has 2 atom stereocenters. The number of rotatable bonds is 3. The van der Waals surface area contributed by atoms with Gasteiger partial charge in [0.05, 0.1) is 18.4 Å². The van der Waals surface area contributed by atoms with Crippen LogP contribution in [-0.4, -0.2) is 23.5 Å². The van der Waals surface area contributed by atoms with E-state index in [0.717, 1.165) is 0 Å². The maximum Gasteiger partial charge on any atom is 0.307 e. The van der Waals surface area contributed by atoms with Crippen LogP contribution in [0.3, 0.4) is 0 Å². The summed E-state index contributed by atoms with van der Waals surface area (Å²) in [5.41, 5.74) is 0. The van der Waals surface area contributed by atoms with E-state index in [2.05, 4.69) is 17.2 Å². The molecule has 0 bridgehead atoms. The number of carbonyl (C=O) groups excluding carboxylic acids is 1. The van der Waals surface area contributed by atoms with Gasteiger partial charge in [-0.3, -0.25) is 9.59 Å². The Bertz CT molecular complexity index is 287. The molecule has 1 saturated carbocycles. The van der Waals surface area contributed by atoms with Gasteiger partial charge in [0.2, 0.25) is 5.91 Å². The largest absolute Gasteiger partial charge is 0.481 e. The number of carbonyl (C=O) groups is 2. The number of hydrogen-bond acceptors (Lipinski definition) is 2. The van der Waals surface area contributed by atoms with Crippen molar-refractivity contribution in [2.24, 2.45) is 11.8 Å². The monoisotopic (exact) mass is 181 g/mol. The fourth-order valence-corrected chi connectivity index (χ4v) is 1.11. The lowest BCUT2D eigenvalue weighted by molar-refractivity contribution is -0.140. The summed E-state index contributed by atoms with van der Waals surface area (Å²) in [6.45, 7) is 1.99. The molecule has 0 radical (unpaired) electrons. The zero-order chi connectivity index (χ0) is 9.84. The van der Waals surface area contributed by atoms with Crippen LogP contribution in [0.25, 0.3) is 0 Å². The van der Waals surface area contributed by atoms with Gasteiger partial charge in [0.25, 0.3) is 0 Å². The molecular weight excluding hydrogens is 170 g/mol. The van der Waals surface area contributed by atoms with Crippen molar-refractivity contribution in [2.75, 3.05) is 6.54 Å². The highest BCUT2D eigenvalue weighted by molar-refractivity contribution is 5.89. The van der Waals surface area contributed by atoms with E-state index in [1.165, 1.54) is 0 Å². The van der Waals surface area contributed by atoms with Crippen molar-refractivity contribution < 1.29 is 14.7 Å². The highest BCUT2D eigenvalue weighted by Gasteiger charge is 2.48. The Morgan fingerprint density at radius 2 is 2.23 bits per heavy atom. The van der Waals surface area contributed by atoms with Gasteiger partial charge in [-0.1, -0.05) is 5.92 Å². The summed E-state index contributed by atoms with van der Waals surface area (Å²) < 4.78 is 0. The van der Waals surface area contributed by atoms with Gasteiger partial charge in [-0.05, 0) is 13.3 Å². The number of carboxylic acids is 1. The normalized spacial score (nSPS) is 24.1. The minimum Gasteiger partial charge on any atom is -0.481 e. The molecule has 0 aliphatic heterocycles. The maximum absolute atomic E-state index is 11.2. The summed E-state index contributed by atoms with van der Waals surface area (Å²) >= 11 is 0. The van der Waals surface area contributed by atoms with E-state index < -0.39 is 11.9 Å². The molecule has 0 heterocycles. The number of amides is 1. The third kappa shape index (κ3) is 2.48. The molecule has 0 aromatic rings. The Balaban J connectivity index is 2.26. The van der Waals surface area contributed by atoms with Crippen molar-refractivity contribution in [3.63, 3.8) is 0 Å². The molecular formula is C9H11NO3. The van der Waals surface area contributed by atoms with Crippen molar-refractivity contribution in [1.82, 2.24) is 5.32 Å². The minimum absolute atomic E-state index is 0.199. The number of hydrogen-bond donors (Lipinski definition) is 2. The molecule has 0 aromatic heterocycles. The van der Waals surface area contributed by atoms with Crippen molar-refractivity contribution in [1.29, 1.82) is 0 Å². The molecule has 1 aliphatic carbocycles. The van der Waals surface area contributed by atoms with Crippen molar-refractivity contribution in [3.05, 3.63) is 0 Å². The summed E-state index contributed by atoms with van der Waals surface area (Å²) in [7, 11) is 0. The molecule has 1 rings (SSSR count). The zero-order valence-electron chi connectivity index (χ0n) is 7.33. The lowest BCUT2D eigenvalue weighted by Gasteiger charge is -1.97. The summed E-state index contributed by atoms with van der Waals surface area (Å²) in [6.07, 6.45) is 0.459. The predicted octanol–water partition coefficient (Wildman–Crippen LogP) is -0.153. The van der Waals surface area contributed by atoms with Crippen molar-refractivity contribution in [2.45, 2.75) is 13.3 Å². The van der Waals surface area contributed by atoms with Crippen LogP contribution in [0.4, 0.5) is 0 Å². The van der Waals surface area contributed by atoms with Crippen LogP contribution in [0.2, 0.25) is 0 Å². The third-order valence-electron chi connectivity index (χ3n) is 1.97. The molecule has 1 fully saturated rings. The molecule has 1 amide bonds. The Morgan fingerprint density at radius 1 is 1.54 bits per heavy atom. The molecule has 2 N–H and O–H groups in total. The Morgan fingerprint density at radius 3 is 2.69 bits per heavy atom. The van der Waals surface area contributed by atoms with Gasteiger partial charge in [0, 0.05) is 0 Å². The first-order valence-electron chi connectivity index (χ1n) is 4.07. The topological polar surface area (TPSA) is 66.4 Å². The molecule has 0 aromatic carbocycles. The SMILES string of the molecule is CC#CCNC(=O)C1CC1C(=O)O. The quantitative estimate of drug-likeness (QED) is 0.595. The van der Waals surface area contributed by atoms with Crippen LogP contribution in [-0.2, 0) is 9.59 Å². The summed E-state index contributed by atoms with van der Waals surface area (Å²) in [4.78, 5) is 21.6. The van der Waals surface area contributed by atoms with Gasteiger partial charge in [-0.2, -0.15) is 0 Å². The van der Waals surface area contributed by atoms with Gasteiger partial charge in [-0.15, -0.1) is 5.92 Å². The zero-order valence-corrected chi connectivity index (χ0v) is 7.33. The van der Waals surface area contributed by atoms with Crippen LogP contribution in [0.1, 0.15) is 13.3 Å². The second kappa shape index (κ2) is 3.94. The van der Waals surface area contributed by atoms with Crippen LogP contribution in [0.15, 0.2) is 0 Å². The van der Waals surface area contributed by atoms with Gasteiger partial charge in [0.15, 0.2) is 0 Å². The van der Waals surface area contributed by atoms with Gasteiger partial charge in [0.1, 0.15) is 0 Å². The molecule has 13 heavy (non-hydrogen) atoms. The first-order chi connectivity index (χ1) is 6.16. The van der Waals surface area contributed by atoms with Crippen molar-refractivity contribution >= 4 is 11.9 Å². The number of nitrogens with one attached hydrogen (secondary N) is 1. The van der Waals surface area contributed by atoms with Crippen molar-refractivity contribution in [3.8, 4) is 11.8 Å².